The zero-order valence-electron chi connectivity index (χ0n) is 16.3. The number of benzene rings is 1. The van der Waals surface area contributed by atoms with E-state index in [4.69, 9.17) is 11.6 Å². The second-order valence-electron chi connectivity index (χ2n) is 7.46. The fourth-order valence-electron chi connectivity index (χ4n) is 3.86. The van der Waals surface area contributed by atoms with Crippen LogP contribution >= 0.6 is 23.4 Å². The van der Waals surface area contributed by atoms with Gasteiger partial charge in [-0.3, -0.25) is 0 Å². The molecule has 1 aromatic rings. The molecule has 1 aromatic carbocycles. The Hall–Kier alpha value is -1.19. The van der Waals surface area contributed by atoms with Gasteiger partial charge in [-0.25, -0.2) is 0 Å². The topological polar surface area (TPSA) is 6.25 Å². The molecule has 1 saturated heterocycles. The van der Waals surface area contributed by atoms with Gasteiger partial charge in [0, 0.05) is 37.2 Å². The minimum absolute atomic E-state index is 0.0294. The number of halogens is 1. The van der Waals surface area contributed by atoms with Gasteiger partial charge in [0.2, 0.25) is 5.69 Å². The van der Waals surface area contributed by atoms with E-state index >= 15 is 0 Å². The molecule has 2 aliphatic rings. The number of alkyl halides is 1. The summed E-state index contributed by atoms with van der Waals surface area (Å²) in [4.78, 5) is 2.35. The van der Waals surface area contributed by atoms with Gasteiger partial charge in [0.25, 0.3) is 0 Å². The fourth-order valence-corrected chi connectivity index (χ4v) is 5.32. The SMILES string of the molecule is CCCC[N+]1=C(/C=C/C=C2\SC(Cl)CN2CC)C(C)(C)c2ccccc21. The summed E-state index contributed by atoms with van der Waals surface area (Å²) in [6.45, 7) is 12.1. The minimum Gasteiger partial charge on any atom is -0.364 e. The van der Waals surface area contributed by atoms with Crippen molar-refractivity contribution in [1.29, 1.82) is 0 Å². The van der Waals surface area contributed by atoms with E-state index in [1.54, 1.807) is 11.8 Å². The van der Waals surface area contributed by atoms with Crippen LogP contribution in [0.3, 0.4) is 0 Å². The zero-order chi connectivity index (χ0) is 18.7. The largest absolute Gasteiger partial charge is 0.364 e. The van der Waals surface area contributed by atoms with Crippen LogP contribution in [0.25, 0.3) is 0 Å². The number of hydrogen-bond acceptors (Lipinski definition) is 2. The van der Waals surface area contributed by atoms with Crippen LogP contribution in [0.4, 0.5) is 5.69 Å². The number of unbranched alkanes of at least 4 members (excludes halogenated alkanes) is 1. The Morgan fingerprint density at radius 1 is 1.31 bits per heavy atom. The maximum Gasteiger partial charge on any atom is 0.209 e. The predicted octanol–water partition coefficient (Wildman–Crippen LogP) is 5.89. The molecule has 1 unspecified atom stereocenters. The van der Waals surface area contributed by atoms with Gasteiger partial charge in [-0.2, -0.15) is 4.58 Å². The van der Waals surface area contributed by atoms with Gasteiger partial charge in [-0.05, 0) is 26.8 Å². The van der Waals surface area contributed by atoms with Crippen molar-refractivity contribution >= 4 is 34.8 Å². The standard InChI is InChI=1S/C22H30ClN2S/c1-5-7-15-25-18-12-9-8-11-17(18)22(3,4)19(25)13-10-14-21-24(6-2)16-20(23)26-21/h8-14,20H,5-7,15-16H2,1-4H3/q+1. The molecule has 0 aliphatic carbocycles. The summed E-state index contributed by atoms with van der Waals surface area (Å²) < 4.78 is 2.67. The summed E-state index contributed by atoms with van der Waals surface area (Å²) in [6, 6.07) is 8.84. The summed E-state index contributed by atoms with van der Waals surface area (Å²) in [5, 5.41) is 1.28. The Morgan fingerprint density at radius 2 is 2.08 bits per heavy atom. The highest BCUT2D eigenvalue weighted by atomic mass is 35.5. The number of para-hydroxylation sites is 1. The number of nitrogens with zero attached hydrogens (tertiary/aromatic N) is 2. The van der Waals surface area contributed by atoms with Crippen molar-refractivity contribution in [1.82, 2.24) is 4.90 Å². The molecule has 1 atom stereocenters. The average Bonchev–Trinajstić information content (AvgIpc) is 3.09. The lowest BCUT2D eigenvalue weighted by atomic mass is 9.81. The first-order valence-electron chi connectivity index (χ1n) is 9.67. The van der Waals surface area contributed by atoms with E-state index in [2.05, 4.69) is 79.7 Å². The minimum atomic E-state index is 0.0294. The van der Waals surface area contributed by atoms with E-state index in [-0.39, 0.29) is 10.1 Å². The summed E-state index contributed by atoms with van der Waals surface area (Å²) in [7, 11) is 0. The first kappa shape index (κ1) is 19.6. The van der Waals surface area contributed by atoms with Crippen LogP contribution in [-0.2, 0) is 5.41 Å². The summed E-state index contributed by atoms with van der Waals surface area (Å²) >= 11 is 8.08. The highest BCUT2D eigenvalue weighted by Gasteiger charge is 2.43. The third-order valence-corrected chi connectivity index (χ3v) is 6.78. The molecule has 0 spiro atoms. The number of fused-ring (bicyclic) bond motifs is 1. The average molecular weight is 390 g/mol. The maximum atomic E-state index is 6.32. The zero-order valence-corrected chi connectivity index (χ0v) is 17.9. The molecule has 0 N–H and O–H groups in total. The quantitative estimate of drug-likeness (QED) is 0.441. The van der Waals surface area contributed by atoms with Gasteiger partial charge in [-0.15, -0.1) is 11.6 Å². The van der Waals surface area contributed by atoms with Crippen molar-refractivity contribution in [2.45, 2.75) is 50.7 Å². The van der Waals surface area contributed by atoms with Gasteiger partial charge in [0.05, 0.1) is 10.4 Å². The molecule has 26 heavy (non-hydrogen) atoms. The van der Waals surface area contributed by atoms with Gasteiger partial charge >= 0.3 is 0 Å². The number of allylic oxidation sites excluding steroid dienone is 3. The van der Waals surface area contributed by atoms with Crippen molar-refractivity contribution in [2.75, 3.05) is 19.6 Å². The number of thioether (sulfide) groups is 1. The molecule has 140 valence electrons. The normalized spacial score (nSPS) is 23.5. The molecule has 2 heterocycles. The summed E-state index contributed by atoms with van der Waals surface area (Å²) in [5.41, 5.74) is 4.21. The van der Waals surface area contributed by atoms with Crippen LogP contribution in [-0.4, -0.2) is 39.5 Å². The molecule has 0 amide bonds. The van der Waals surface area contributed by atoms with Crippen molar-refractivity contribution in [3.05, 3.63) is 53.1 Å². The smallest absolute Gasteiger partial charge is 0.209 e. The molecular weight excluding hydrogens is 360 g/mol. The third-order valence-electron chi connectivity index (χ3n) is 5.33. The molecule has 1 fully saturated rings. The van der Waals surface area contributed by atoms with Crippen LogP contribution in [0.1, 0.15) is 46.1 Å². The van der Waals surface area contributed by atoms with Crippen molar-refractivity contribution < 1.29 is 4.58 Å². The van der Waals surface area contributed by atoms with E-state index in [0.717, 1.165) is 19.6 Å². The molecule has 0 bridgehead atoms. The molecular formula is C22H30ClN2S+. The van der Waals surface area contributed by atoms with E-state index in [1.165, 1.54) is 34.8 Å². The Balaban J connectivity index is 1.93. The van der Waals surface area contributed by atoms with E-state index in [0.29, 0.717) is 0 Å². The summed E-state index contributed by atoms with van der Waals surface area (Å²) in [5.74, 6) is 0. The lowest BCUT2D eigenvalue weighted by Crippen LogP contribution is -2.27. The molecule has 3 rings (SSSR count). The van der Waals surface area contributed by atoms with Crippen LogP contribution in [0, 0.1) is 0 Å². The number of hydrogen-bond donors (Lipinski definition) is 0. The molecule has 0 aromatic heterocycles. The molecule has 2 nitrogen and oxygen atoms in total. The molecule has 0 saturated carbocycles. The highest BCUT2D eigenvalue weighted by Crippen LogP contribution is 2.40. The maximum absolute atomic E-state index is 6.32. The molecule has 2 aliphatic heterocycles. The first-order chi connectivity index (χ1) is 12.5. The van der Waals surface area contributed by atoms with Crippen molar-refractivity contribution in [3.63, 3.8) is 0 Å². The van der Waals surface area contributed by atoms with Crippen LogP contribution in [0.15, 0.2) is 47.5 Å². The van der Waals surface area contributed by atoms with Crippen molar-refractivity contribution in [3.8, 4) is 0 Å². The third kappa shape index (κ3) is 3.75. The Kier molecular flexibility index (Phi) is 6.19. The van der Waals surface area contributed by atoms with Crippen molar-refractivity contribution in [2.24, 2.45) is 0 Å². The monoisotopic (exact) mass is 389 g/mol. The lowest BCUT2D eigenvalue weighted by molar-refractivity contribution is -0.438. The van der Waals surface area contributed by atoms with Gasteiger partial charge in [-0.1, -0.05) is 49.4 Å². The lowest BCUT2D eigenvalue weighted by Gasteiger charge is -2.16. The first-order valence-corrected chi connectivity index (χ1v) is 11.0. The predicted molar refractivity (Wildman–Crippen MR) is 116 cm³/mol. The van der Waals surface area contributed by atoms with E-state index in [9.17, 15) is 0 Å². The Labute approximate surface area is 167 Å². The fraction of sp³-hybridized carbons (Fsp3) is 0.500. The Morgan fingerprint density at radius 3 is 2.81 bits per heavy atom. The van der Waals surface area contributed by atoms with Gasteiger partial charge in [0.15, 0.2) is 5.71 Å². The second kappa shape index (κ2) is 8.22. The molecule has 4 heteroatoms. The van der Waals surface area contributed by atoms with Crippen LogP contribution in [0.2, 0.25) is 0 Å². The van der Waals surface area contributed by atoms with Gasteiger partial charge in [0.1, 0.15) is 11.3 Å². The number of rotatable bonds is 6. The summed E-state index contributed by atoms with van der Waals surface area (Å²) in [6.07, 6.45) is 9.15. The van der Waals surface area contributed by atoms with E-state index in [1.807, 2.05) is 0 Å². The van der Waals surface area contributed by atoms with Crippen LogP contribution < -0.4 is 0 Å². The van der Waals surface area contributed by atoms with E-state index < -0.39 is 0 Å². The van der Waals surface area contributed by atoms with Gasteiger partial charge < -0.3 is 4.90 Å². The van der Waals surface area contributed by atoms with Crippen LogP contribution in [0.5, 0.6) is 0 Å². The second-order valence-corrected chi connectivity index (χ2v) is 9.47. The highest BCUT2D eigenvalue weighted by molar-refractivity contribution is 8.05. The Bertz CT molecular complexity index is 748. The molecule has 0 radical (unpaired) electrons.